The number of aliphatic hydroxyl groups is 3. The number of rotatable bonds is 10. The number of carbonyl (C=O) groups excluding carboxylic acids is 2. The summed E-state index contributed by atoms with van der Waals surface area (Å²) in [6, 6.07) is 13.4. The Morgan fingerprint density at radius 3 is 2.49 bits per heavy atom. The molecule has 2 aromatic carbocycles. The van der Waals surface area contributed by atoms with E-state index >= 15 is 0 Å². The monoisotopic (exact) mass is 536 g/mol. The smallest absolute Gasteiger partial charge is 0.364 e. The number of amides is 2. The molecule has 0 radical (unpaired) electrons. The molecule has 200 valence electrons. The van der Waals surface area contributed by atoms with Crippen molar-refractivity contribution in [2.45, 2.75) is 56.2 Å². The molecule has 12 heteroatoms. The van der Waals surface area contributed by atoms with Crippen LogP contribution in [0.25, 0.3) is 0 Å². The molecule has 0 aliphatic carbocycles. The highest BCUT2D eigenvalue weighted by Crippen LogP contribution is 2.34. The van der Waals surface area contributed by atoms with Crippen molar-refractivity contribution in [3.63, 3.8) is 0 Å². The van der Waals surface area contributed by atoms with Crippen LogP contribution in [-0.2, 0) is 25.7 Å². The number of benzene rings is 2. The summed E-state index contributed by atoms with van der Waals surface area (Å²) in [5.41, 5.74) is 0.847. The Balaban J connectivity index is 1.78. The average molecular weight is 537 g/mol. The summed E-state index contributed by atoms with van der Waals surface area (Å²) < 4.78 is 11.3. The molecule has 6 atom stereocenters. The predicted octanol–water partition coefficient (Wildman–Crippen LogP) is 0.444. The van der Waals surface area contributed by atoms with E-state index in [4.69, 9.17) is 21.1 Å². The average Bonchev–Trinajstić information content (AvgIpc) is 2.87. The molecule has 1 heterocycles. The topological polar surface area (TPSA) is 175 Å². The van der Waals surface area contributed by atoms with Crippen LogP contribution in [0.3, 0.4) is 0 Å². The second-order valence-corrected chi connectivity index (χ2v) is 9.13. The number of hydrogen-bond acceptors (Lipinski definition) is 8. The molecule has 0 bridgehead atoms. The SMILES string of the molecule is CC(=O)N[C@H]1[C@H]([C@H](O)[C@H](O)CNC(=O)c2cccc(Cl)c2)O[C@](OCc2ccccc2)(C(=O)O)C[C@@H]1O. The molecule has 1 aliphatic rings. The lowest BCUT2D eigenvalue weighted by Gasteiger charge is -2.46. The molecule has 3 rings (SSSR count). The number of hydrogen-bond donors (Lipinski definition) is 6. The molecule has 0 aromatic heterocycles. The first-order valence-corrected chi connectivity index (χ1v) is 11.8. The summed E-state index contributed by atoms with van der Waals surface area (Å²) in [5.74, 6) is -5.12. The summed E-state index contributed by atoms with van der Waals surface area (Å²) in [4.78, 5) is 36.4. The summed E-state index contributed by atoms with van der Waals surface area (Å²) in [6.45, 7) is 0.523. The van der Waals surface area contributed by atoms with Gasteiger partial charge >= 0.3 is 5.97 Å². The second kappa shape index (κ2) is 12.5. The van der Waals surface area contributed by atoms with Gasteiger partial charge in [-0.25, -0.2) is 4.79 Å². The quantitative estimate of drug-likeness (QED) is 0.252. The minimum absolute atomic E-state index is 0.189. The molecule has 0 saturated carbocycles. The van der Waals surface area contributed by atoms with Crippen LogP contribution in [0.1, 0.15) is 29.3 Å². The van der Waals surface area contributed by atoms with Crippen molar-refractivity contribution in [3.05, 3.63) is 70.7 Å². The molecule has 0 spiro atoms. The van der Waals surface area contributed by atoms with Crippen molar-refractivity contribution >= 4 is 29.4 Å². The van der Waals surface area contributed by atoms with Gasteiger partial charge in [0.1, 0.15) is 12.2 Å². The maximum absolute atomic E-state index is 12.4. The van der Waals surface area contributed by atoms with E-state index in [-0.39, 0.29) is 12.2 Å². The Hall–Kier alpha value is -3.06. The van der Waals surface area contributed by atoms with E-state index in [1.807, 2.05) is 0 Å². The fourth-order valence-electron chi connectivity index (χ4n) is 3.99. The Kier molecular flexibility index (Phi) is 9.60. The van der Waals surface area contributed by atoms with E-state index in [9.17, 15) is 34.8 Å². The van der Waals surface area contributed by atoms with E-state index in [1.165, 1.54) is 19.1 Å². The molecule has 11 nitrogen and oxygen atoms in total. The molecular formula is C25H29ClN2O9. The fraction of sp³-hybridized carbons (Fsp3) is 0.400. The summed E-state index contributed by atoms with van der Waals surface area (Å²) in [5, 5.41) is 47.5. The number of ether oxygens (including phenoxy) is 2. The van der Waals surface area contributed by atoms with Crippen LogP contribution in [0, 0.1) is 0 Å². The van der Waals surface area contributed by atoms with E-state index in [0.29, 0.717) is 10.6 Å². The zero-order valence-electron chi connectivity index (χ0n) is 19.9. The molecule has 2 amide bonds. The van der Waals surface area contributed by atoms with Gasteiger partial charge in [-0.15, -0.1) is 0 Å². The standard InChI is InChI=1S/C25H29ClN2O9/c1-14(29)28-20-18(30)11-25(24(34)35,36-13-15-6-3-2-4-7-15)37-22(20)21(32)19(31)12-27-23(33)16-8-5-9-17(26)10-16/h2-10,18-22,30-32H,11-13H2,1H3,(H,27,33)(H,28,29)(H,34,35)/t18-,19+,20+,21+,22+,25-/m0/s1. The zero-order valence-corrected chi connectivity index (χ0v) is 20.7. The van der Waals surface area contributed by atoms with E-state index in [2.05, 4.69) is 10.6 Å². The molecule has 6 N–H and O–H groups in total. The van der Waals surface area contributed by atoms with Crippen LogP contribution in [0.2, 0.25) is 5.02 Å². The van der Waals surface area contributed by atoms with Gasteiger partial charge in [0.2, 0.25) is 5.91 Å². The highest BCUT2D eigenvalue weighted by Gasteiger charge is 2.55. The predicted molar refractivity (Wildman–Crippen MR) is 130 cm³/mol. The molecule has 37 heavy (non-hydrogen) atoms. The zero-order chi connectivity index (χ0) is 27.2. The third kappa shape index (κ3) is 7.25. The van der Waals surface area contributed by atoms with Crippen molar-refractivity contribution in [2.75, 3.05) is 6.54 Å². The first-order chi connectivity index (χ1) is 17.5. The minimum atomic E-state index is -2.39. The molecule has 0 unspecified atom stereocenters. The van der Waals surface area contributed by atoms with Crippen LogP contribution in [-0.4, -0.2) is 81.0 Å². The van der Waals surface area contributed by atoms with Crippen molar-refractivity contribution in [2.24, 2.45) is 0 Å². The van der Waals surface area contributed by atoms with Crippen molar-refractivity contribution in [1.82, 2.24) is 10.6 Å². The molecule has 1 saturated heterocycles. The second-order valence-electron chi connectivity index (χ2n) is 8.69. The number of aliphatic hydroxyl groups excluding tert-OH is 3. The normalized spacial score (nSPS) is 25.1. The van der Waals surface area contributed by atoms with Gasteiger partial charge in [0.15, 0.2) is 0 Å². The van der Waals surface area contributed by atoms with Crippen molar-refractivity contribution < 1.29 is 44.3 Å². The number of halogens is 1. The lowest BCUT2D eigenvalue weighted by atomic mass is 9.88. The largest absolute Gasteiger partial charge is 0.477 e. The van der Waals surface area contributed by atoms with Gasteiger partial charge in [-0.2, -0.15) is 0 Å². The highest BCUT2D eigenvalue weighted by atomic mass is 35.5. The maximum Gasteiger partial charge on any atom is 0.364 e. The number of nitrogens with one attached hydrogen (secondary N) is 2. The van der Waals surface area contributed by atoms with E-state index in [0.717, 1.165) is 0 Å². The minimum Gasteiger partial charge on any atom is -0.477 e. The van der Waals surface area contributed by atoms with Gasteiger partial charge in [0.25, 0.3) is 11.7 Å². The number of carboxylic acids is 1. The number of aliphatic carboxylic acids is 1. The van der Waals surface area contributed by atoms with Crippen LogP contribution in [0.4, 0.5) is 0 Å². The fourth-order valence-corrected chi connectivity index (χ4v) is 4.18. The van der Waals surface area contributed by atoms with Crippen molar-refractivity contribution in [1.29, 1.82) is 0 Å². The van der Waals surface area contributed by atoms with Gasteiger partial charge in [-0.05, 0) is 23.8 Å². The first-order valence-electron chi connectivity index (χ1n) is 11.5. The summed E-state index contributed by atoms with van der Waals surface area (Å²) in [7, 11) is 0. The van der Waals surface area contributed by atoms with Crippen LogP contribution in [0.15, 0.2) is 54.6 Å². The highest BCUT2D eigenvalue weighted by molar-refractivity contribution is 6.30. The Morgan fingerprint density at radius 2 is 1.86 bits per heavy atom. The maximum atomic E-state index is 12.4. The lowest BCUT2D eigenvalue weighted by Crippen LogP contribution is -2.68. The Morgan fingerprint density at radius 1 is 1.16 bits per heavy atom. The summed E-state index contributed by atoms with van der Waals surface area (Å²) in [6.07, 6.45) is -7.21. The van der Waals surface area contributed by atoms with E-state index < -0.39 is 67.0 Å². The Bertz CT molecular complexity index is 1100. The molecule has 1 fully saturated rings. The van der Waals surface area contributed by atoms with Gasteiger partial charge in [0, 0.05) is 30.5 Å². The number of carboxylic acid groups (broad SMARTS) is 1. The third-order valence-electron chi connectivity index (χ3n) is 5.87. The summed E-state index contributed by atoms with van der Waals surface area (Å²) >= 11 is 5.89. The molecule has 2 aromatic rings. The third-order valence-corrected chi connectivity index (χ3v) is 6.11. The van der Waals surface area contributed by atoms with Gasteiger partial charge in [-0.1, -0.05) is 48.0 Å². The van der Waals surface area contributed by atoms with E-state index in [1.54, 1.807) is 42.5 Å². The van der Waals surface area contributed by atoms with Crippen LogP contribution in [0.5, 0.6) is 0 Å². The van der Waals surface area contributed by atoms with Crippen molar-refractivity contribution in [3.8, 4) is 0 Å². The molecule has 1 aliphatic heterocycles. The van der Waals surface area contributed by atoms with Gasteiger partial charge in [-0.3, -0.25) is 9.59 Å². The van der Waals surface area contributed by atoms with Gasteiger partial charge in [0.05, 0.1) is 24.9 Å². The molecular weight excluding hydrogens is 508 g/mol. The Labute approximate surface area is 218 Å². The number of carbonyl (C=O) groups is 3. The van der Waals surface area contributed by atoms with Crippen LogP contribution < -0.4 is 10.6 Å². The van der Waals surface area contributed by atoms with Crippen LogP contribution >= 0.6 is 11.6 Å². The first kappa shape index (κ1) is 28.5. The lowest BCUT2D eigenvalue weighted by molar-refractivity contribution is -0.314. The van der Waals surface area contributed by atoms with Gasteiger partial charge < -0.3 is 40.5 Å².